The van der Waals surface area contributed by atoms with Crippen LogP contribution in [0.15, 0.2) is 12.1 Å². The van der Waals surface area contributed by atoms with E-state index in [0.717, 1.165) is 12.1 Å². The maximum atomic E-state index is 13.5. The standard InChI is InChI=1S/C13H16F3NO/c1-7(2)5-8(6-17)13(18)9-3-4-10(14)12(16)11(9)15/h3-4,7-8H,5-6,17H2,1-2H3. The molecule has 1 atom stereocenters. The zero-order valence-electron chi connectivity index (χ0n) is 10.3. The zero-order valence-corrected chi connectivity index (χ0v) is 10.3. The number of nitrogens with two attached hydrogens (primary N) is 1. The third-order valence-electron chi connectivity index (χ3n) is 2.71. The van der Waals surface area contributed by atoms with Crippen LogP contribution in [0.3, 0.4) is 0 Å². The van der Waals surface area contributed by atoms with Crippen LogP contribution in [0.1, 0.15) is 30.6 Å². The molecule has 5 heteroatoms. The van der Waals surface area contributed by atoms with Crippen LogP contribution in [0, 0.1) is 29.3 Å². The summed E-state index contributed by atoms with van der Waals surface area (Å²) in [4.78, 5) is 12.0. The van der Waals surface area contributed by atoms with Gasteiger partial charge in [-0.2, -0.15) is 0 Å². The second-order valence-corrected chi connectivity index (χ2v) is 4.65. The van der Waals surface area contributed by atoms with E-state index in [-0.39, 0.29) is 12.5 Å². The van der Waals surface area contributed by atoms with Gasteiger partial charge in [0, 0.05) is 12.5 Å². The molecule has 0 aliphatic carbocycles. The van der Waals surface area contributed by atoms with E-state index in [1.807, 2.05) is 13.8 Å². The monoisotopic (exact) mass is 259 g/mol. The van der Waals surface area contributed by atoms with Crippen molar-refractivity contribution >= 4 is 5.78 Å². The van der Waals surface area contributed by atoms with Crippen molar-refractivity contribution in [3.63, 3.8) is 0 Å². The van der Waals surface area contributed by atoms with E-state index in [9.17, 15) is 18.0 Å². The first-order valence-corrected chi connectivity index (χ1v) is 5.76. The van der Waals surface area contributed by atoms with Crippen LogP contribution < -0.4 is 5.73 Å². The Morgan fingerprint density at radius 2 is 1.83 bits per heavy atom. The van der Waals surface area contributed by atoms with Crippen molar-refractivity contribution in [1.82, 2.24) is 0 Å². The van der Waals surface area contributed by atoms with Crippen molar-refractivity contribution in [3.05, 3.63) is 35.1 Å². The van der Waals surface area contributed by atoms with E-state index in [1.165, 1.54) is 0 Å². The molecule has 1 aromatic rings. The SMILES string of the molecule is CC(C)CC(CN)C(=O)c1ccc(F)c(F)c1F. The number of rotatable bonds is 5. The molecule has 0 aliphatic rings. The first-order valence-electron chi connectivity index (χ1n) is 5.76. The maximum absolute atomic E-state index is 13.5. The second-order valence-electron chi connectivity index (χ2n) is 4.65. The number of hydrogen-bond donors (Lipinski definition) is 1. The van der Waals surface area contributed by atoms with Gasteiger partial charge in [0.2, 0.25) is 0 Å². The lowest BCUT2D eigenvalue weighted by molar-refractivity contribution is 0.0903. The summed E-state index contributed by atoms with van der Waals surface area (Å²) in [6.07, 6.45) is 0.480. The Kier molecular flexibility index (Phi) is 4.90. The molecule has 0 heterocycles. The van der Waals surface area contributed by atoms with Gasteiger partial charge in [-0.25, -0.2) is 13.2 Å². The van der Waals surface area contributed by atoms with Crippen molar-refractivity contribution in [3.8, 4) is 0 Å². The van der Waals surface area contributed by atoms with Gasteiger partial charge in [0.25, 0.3) is 0 Å². The highest BCUT2D eigenvalue weighted by atomic mass is 19.2. The molecule has 1 rings (SSSR count). The van der Waals surface area contributed by atoms with Gasteiger partial charge in [-0.3, -0.25) is 4.79 Å². The smallest absolute Gasteiger partial charge is 0.195 e. The lowest BCUT2D eigenvalue weighted by Gasteiger charge is -2.16. The first kappa shape index (κ1) is 14.7. The Morgan fingerprint density at radius 3 is 2.33 bits per heavy atom. The van der Waals surface area contributed by atoms with Crippen molar-refractivity contribution < 1.29 is 18.0 Å². The van der Waals surface area contributed by atoms with Gasteiger partial charge in [0.1, 0.15) is 0 Å². The van der Waals surface area contributed by atoms with Crippen LogP contribution in [0.2, 0.25) is 0 Å². The van der Waals surface area contributed by atoms with Crippen LogP contribution in [-0.2, 0) is 0 Å². The minimum Gasteiger partial charge on any atom is -0.330 e. The van der Waals surface area contributed by atoms with Gasteiger partial charge in [-0.1, -0.05) is 13.8 Å². The molecule has 1 aromatic carbocycles. The Morgan fingerprint density at radius 1 is 1.22 bits per heavy atom. The van der Waals surface area contributed by atoms with Gasteiger partial charge in [-0.05, 0) is 24.5 Å². The van der Waals surface area contributed by atoms with Crippen LogP contribution in [0.4, 0.5) is 13.2 Å². The summed E-state index contributed by atoms with van der Waals surface area (Å²) in [5, 5.41) is 0. The normalized spacial score (nSPS) is 12.8. The lowest BCUT2D eigenvalue weighted by atomic mass is 9.89. The number of ketones is 1. The van der Waals surface area contributed by atoms with Crippen LogP contribution in [0.5, 0.6) is 0 Å². The minimum absolute atomic E-state index is 0.0510. The molecule has 0 radical (unpaired) electrons. The fourth-order valence-corrected chi connectivity index (χ4v) is 1.82. The number of Topliss-reactive ketones (excluding diaryl/α,β-unsaturated/α-hetero) is 1. The molecule has 0 aliphatic heterocycles. The van der Waals surface area contributed by atoms with Crippen molar-refractivity contribution in [2.24, 2.45) is 17.6 Å². The largest absolute Gasteiger partial charge is 0.330 e. The summed E-state index contributed by atoms with van der Waals surface area (Å²) >= 11 is 0. The van der Waals surface area contributed by atoms with E-state index in [4.69, 9.17) is 5.73 Å². The second kappa shape index (κ2) is 6.00. The number of carbonyl (C=O) groups excluding carboxylic acids is 1. The minimum atomic E-state index is -1.62. The van der Waals surface area contributed by atoms with Crippen molar-refractivity contribution in [2.75, 3.05) is 6.54 Å². The van der Waals surface area contributed by atoms with Crippen molar-refractivity contribution in [2.45, 2.75) is 20.3 Å². The third kappa shape index (κ3) is 3.10. The maximum Gasteiger partial charge on any atom is 0.195 e. The summed E-state index contributed by atoms with van der Waals surface area (Å²) in [5.74, 6) is -5.33. The molecular weight excluding hydrogens is 243 g/mol. The number of carbonyl (C=O) groups is 1. The molecule has 100 valence electrons. The van der Waals surface area contributed by atoms with Crippen molar-refractivity contribution in [1.29, 1.82) is 0 Å². The summed E-state index contributed by atoms with van der Waals surface area (Å²) < 4.78 is 39.3. The lowest BCUT2D eigenvalue weighted by Crippen LogP contribution is -2.26. The predicted octanol–water partition coefficient (Wildman–Crippen LogP) is 2.91. The average molecular weight is 259 g/mol. The Bertz CT molecular complexity index is 446. The van der Waals surface area contributed by atoms with Crippen LogP contribution >= 0.6 is 0 Å². The predicted molar refractivity (Wildman–Crippen MR) is 62.6 cm³/mol. The summed E-state index contributed by atoms with van der Waals surface area (Å²) in [6.45, 7) is 3.85. The zero-order chi connectivity index (χ0) is 13.9. The average Bonchev–Trinajstić information content (AvgIpc) is 2.32. The molecule has 1 unspecified atom stereocenters. The highest BCUT2D eigenvalue weighted by Crippen LogP contribution is 2.21. The van der Waals surface area contributed by atoms with Crippen LogP contribution in [0.25, 0.3) is 0 Å². The highest BCUT2D eigenvalue weighted by Gasteiger charge is 2.25. The quantitative estimate of drug-likeness (QED) is 0.652. The van der Waals surface area contributed by atoms with E-state index >= 15 is 0 Å². The molecular formula is C13H16F3NO. The molecule has 18 heavy (non-hydrogen) atoms. The molecule has 0 fully saturated rings. The molecule has 0 saturated heterocycles. The van der Waals surface area contributed by atoms with Gasteiger partial charge in [0.15, 0.2) is 23.2 Å². The Labute approximate surface area is 104 Å². The van der Waals surface area contributed by atoms with Gasteiger partial charge < -0.3 is 5.73 Å². The Balaban J connectivity index is 3.06. The number of halogens is 3. The number of hydrogen-bond acceptors (Lipinski definition) is 2. The van der Waals surface area contributed by atoms with Crippen LogP contribution in [-0.4, -0.2) is 12.3 Å². The molecule has 0 spiro atoms. The van der Waals surface area contributed by atoms with E-state index in [1.54, 1.807) is 0 Å². The molecule has 2 N–H and O–H groups in total. The Hall–Kier alpha value is -1.36. The number of benzene rings is 1. The molecule has 2 nitrogen and oxygen atoms in total. The molecule has 0 bridgehead atoms. The van der Waals surface area contributed by atoms with Gasteiger partial charge in [-0.15, -0.1) is 0 Å². The topological polar surface area (TPSA) is 43.1 Å². The van der Waals surface area contributed by atoms with E-state index < -0.39 is 34.7 Å². The highest BCUT2D eigenvalue weighted by molar-refractivity contribution is 5.98. The summed E-state index contributed by atoms with van der Waals surface area (Å²) in [5.41, 5.74) is 5.03. The van der Waals surface area contributed by atoms with E-state index in [0.29, 0.717) is 6.42 Å². The van der Waals surface area contributed by atoms with E-state index in [2.05, 4.69) is 0 Å². The van der Waals surface area contributed by atoms with Gasteiger partial charge in [0.05, 0.1) is 5.56 Å². The van der Waals surface area contributed by atoms with Gasteiger partial charge >= 0.3 is 0 Å². The summed E-state index contributed by atoms with van der Waals surface area (Å²) in [7, 11) is 0. The molecule has 0 aromatic heterocycles. The fraction of sp³-hybridized carbons (Fsp3) is 0.462. The molecule has 0 amide bonds. The molecule has 0 saturated carbocycles. The fourth-order valence-electron chi connectivity index (χ4n) is 1.82. The third-order valence-corrected chi connectivity index (χ3v) is 2.71. The first-order chi connectivity index (χ1) is 8.38. The summed E-state index contributed by atoms with van der Waals surface area (Å²) in [6, 6.07) is 1.70.